The largest absolute Gasteiger partial charge is 0.485 e. The Bertz CT molecular complexity index is 447. The van der Waals surface area contributed by atoms with Gasteiger partial charge in [0.2, 0.25) is 0 Å². The Morgan fingerprint density at radius 3 is 2.22 bits per heavy atom. The fraction of sp³-hybridized carbons (Fsp3) is 0.333. The third kappa shape index (κ3) is 3.12. The average Bonchev–Trinajstić information content (AvgIpc) is 2.20. The molecular weight excluding hydrogens is 288 g/mol. The minimum atomic E-state index is -5.74. The molecule has 102 valence electrons. The number of rotatable bonds is 3. The van der Waals surface area contributed by atoms with E-state index in [1.165, 1.54) is 0 Å². The Hall–Kier alpha value is -1.31. The zero-order valence-corrected chi connectivity index (χ0v) is 9.25. The Morgan fingerprint density at radius 2 is 1.72 bits per heavy atom. The van der Waals surface area contributed by atoms with Gasteiger partial charge in [0.25, 0.3) is 0 Å². The molecule has 0 heterocycles. The monoisotopic (exact) mass is 293 g/mol. The molecule has 9 heteroatoms. The maximum atomic E-state index is 12.8. The quantitative estimate of drug-likeness (QED) is 0.682. The van der Waals surface area contributed by atoms with Gasteiger partial charge < -0.3 is 10.5 Å². The first-order valence-electron chi connectivity index (χ1n) is 4.36. The van der Waals surface area contributed by atoms with Crippen LogP contribution in [0.5, 0.6) is 5.75 Å². The fourth-order valence-electron chi connectivity index (χ4n) is 0.919. The minimum Gasteiger partial charge on any atom is -0.485 e. The van der Waals surface area contributed by atoms with Gasteiger partial charge in [-0.3, -0.25) is 0 Å². The second-order valence-electron chi connectivity index (χ2n) is 3.30. The number of nitrogens with two attached hydrogens (primary N) is 1. The standard InChI is InChI=1S/C9H6ClF6NO/c10-4-1-7(6(17)2-5(4)11)18-3-8(12,13)9(14,15)16/h1-2H,3,17H2. The minimum absolute atomic E-state index is 0.435. The first kappa shape index (κ1) is 14.7. The molecule has 1 aromatic carbocycles. The van der Waals surface area contributed by atoms with Crippen LogP contribution in [0.15, 0.2) is 12.1 Å². The van der Waals surface area contributed by atoms with Gasteiger partial charge in [0, 0.05) is 12.1 Å². The van der Waals surface area contributed by atoms with E-state index in [9.17, 15) is 26.3 Å². The highest BCUT2D eigenvalue weighted by atomic mass is 35.5. The van der Waals surface area contributed by atoms with Gasteiger partial charge in [-0.1, -0.05) is 11.6 Å². The van der Waals surface area contributed by atoms with Crippen molar-refractivity contribution in [1.82, 2.24) is 0 Å². The number of alkyl halides is 5. The van der Waals surface area contributed by atoms with Gasteiger partial charge in [0.1, 0.15) is 11.6 Å². The molecular formula is C9H6ClF6NO. The second-order valence-corrected chi connectivity index (χ2v) is 3.70. The first-order chi connectivity index (χ1) is 8.04. The smallest absolute Gasteiger partial charge is 0.456 e. The van der Waals surface area contributed by atoms with E-state index in [4.69, 9.17) is 17.3 Å². The van der Waals surface area contributed by atoms with E-state index in [0.29, 0.717) is 6.07 Å². The van der Waals surface area contributed by atoms with Crippen molar-refractivity contribution in [3.63, 3.8) is 0 Å². The normalized spacial score (nSPS) is 12.6. The van der Waals surface area contributed by atoms with Crippen LogP contribution >= 0.6 is 11.6 Å². The lowest BCUT2D eigenvalue weighted by Gasteiger charge is -2.20. The number of halogens is 7. The third-order valence-corrected chi connectivity index (χ3v) is 2.17. The number of ether oxygens (including phenoxy) is 1. The molecule has 0 aliphatic heterocycles. The molecule has 0 saturated heterocycles. The number of hydrogen-bond donors (Lipinski definition) is 1. The van der Waals surface area contributed by atoms with Crippen LogP contribution in [0.2, 0.25) is 5.02 Å². The van der Waals surface area contributed by atoms with Crippen LogP contribution in [-0.4, -0.2) is 18.7 Å². The van der Waals surface area contributed by atoms with Gasteiger partial charge in [-0.05, 0) is 0 Å². The van der Waals surface area contributed by atoms with E-state index >= 15 is 0 Å². The third-order valence-electron chi connectivity index (χ3n) is 1.88. The van der Waals surface area contributed by atoms with E-state index in [1.807, 2.05) is 0 Å². The topological polar surface area (TPSA) is 35.2 Å². The van der Waals surface area contributed by atoms with E-state index < -0.39 is 41.0 Å². The van der Waals surface area contributed by atoms with Crippen LogP contribution in [0.4, 0.5) is 32.0 Å². The molecule has 2 N–H and O–H groups in total. The Labute approximate surface area is 102 Å². The molecule has 0 unspecified atom stereocenters. The van der Waals surface area contributed by atoms with Crippen molar-refractivity contribution in [3.8, 4) is 5.75 Å². The van der Waals surface area contributed by atoms with Crippen molar-refractivity contribution in [2.24, 2.45) is 0 Å². The summed E-state index contributed by atoms with van der Waals surface area (Å²) in [5.41, 5.74) is 4.74. The van der Waals surface area contributed by atoms with Gasteiger partial charge in [-0.25, -0.2) is 4.39 Å². The molecule has 0 spiro atoms. The molecule has 1 rings (SSSR count). The predicted molar refractivity (Wildman–Crippen MR) is 52.3 cm³/mol. The van der Waals surface area contributed by atoms with E-state index in [1.54, 1.807) is 0 Å². The van der Waals surface area contributed by atoms with Crippen molar-refractivity contribution in [3.05, 3.63) is 23.0 Å². The van der Waals surface area contributed by atoms with Gasteiger partial charge in [0.05, 0.1) is 10.7 Å². The zero-order chi connectivity index (χ0) is 14.1. The fourth-order valence-corrected chi connectivity index (χ4v) is 1.07. The van der Waals surface area contributed by atoms with E-state index in [2.05, 4.69) is 4.74 Å². The highest BCUT2D eigenvalue weighted by molar-refractivity contribution is 6.31. The van der Waals surface area contributed by atoms with Crippen molar-refractivity contribution in [1.29, 1.82) is 0 Å². The predicted octanol–water partition coefficient (Wildman–Crippen LogP) is 3.64. The van der Waals surface area contributed by atoms with Crippen LogP contribution in [-0.2, 0) is 0 Å². The number of benzene rings is 1. The van der Waals surface area contributed by atoms with Gasteiger partial charge >= 0.3 is 12.1 Å². The second kappa shape index (κ2) is 4.75. The maximum Gasteiger partial charge on any atom is 0.456 e. The molecule has 1 aromatic rings. The lowest BCUT2D eigenvalue weighted by Crippen LogP contribution is -2.41. The van der Waals surface area contributed by atoms with E-state index in [-0.39, 0.29) is 0 Å². The summed E-state index contributed by atoms with van der Waals surface area (Å²) in [5.74, 6) is -6.53. The summed E-state index contributed by atoms with van der Waals surface area (Å²) in [6, 6.07) is 1.38. The van der Waals surface area contributed by atoms with Crippen LogP contribution in [0.3, 0.4) is 0 Å². The average molecular weight is 294 g/mol. The number of anilines is 1. The molecule has 0 atom stereocenters. The summed E-state index contributed by atoms with van der Waals surface area (Å²) < 4.78 is 77.6. The molecule has 0 radical (unpaired) electrons. The molecule has 0 bridgehead atoms. The van der Waals surface area contributed by atoms with Crippen LogP contribution in [0.1, 0.15) is 0 Å². The molecule has 2 nitrogen and oxygen atoms in total. The molecule has 0 saturated carbocycles. The molecule has 0 amide bonds. The number of hydrogen-bond acceptors (Lipinski definition) is 2. The molecule has 0 fully saturated rings. The zero-order valence-electron chi connectivity index (χ0n) is 8.49. The van der Waals surface area contributed by atoms with E-state index in [0.717, 1.165) is 6.07 Å². The van der Waals surface area contributed by atoms with Crippen molar-refractivity contribution in [2.45, 2.75) is 12.1 Å². The van der Waals surface area contributed by atoms with Crippen LogP contribution in [0.25, 0.3) is 0 Å². The van der Waals surface area contributed by atoms with Crippen LogP contribution in [0, 0.1) is 5.82 Å². The molecule has 18 heavy (non-hydrogen) atoms. The SMILES string of the molecule is Nc1cc(F)c(Cl)cc1OCC(F)(F)C(F)(F)F. The van der Waals surface area contributed by atoms with Gasteiger partial charge in [-0.15, -0.1) is 0 Å². The highest BCUT2D eigenvalue weighted by Gasteiger charge is 2.58. The molecule has 0 aliphatic rings. The summed E-state index contributed by atoms with van der Waals surface area (Å²) in [6.07, 6.45) is -5.74. The summed E-state index contributed by atoms with van der Waals surface area (Å²) in [7, 11) is 0. The Balaban J connectivity index is 2.85. The van der Waals surface area contributed by atoms with Gasteiger partial charge in [-0.2, -0.15) is 22.0 Å². The number of nitrogen functional groups attached to an aromatic ring is 1. The van der Waals surface area contributed by atoms with Crippen molar-refractivity contribution >= 4 is 17.3 Å². The van der Waals surface area contributed by atoms with Crippen molar-refractivity contribution in [2.75, 3.05) is 12.3 Å². The molecule has 0 aromatic heterocycles. The Kier molecular flexibility index (Phi) is 3.89. The maximum absolute atomic E-state index is 12.8. The van der Waals surface area contributed by atoms with Gasteiger partial charge in [0.15, 0.2) is 6.61 Å². The Morgan fingerprint density at radius 1 is 1.17 bits per heavy atom. The lowest BCUT2D eigenvalue weighted by molar-refractivity contribution is -0.289. The van der Waals surface area contributed by atoms with Crippen molar-refractivity contribution < 1.29 is 31.1 Å². The highest BCUT2D eigenvalue weighted by Crippen LogP contribution is 2.37. The summed E-state index contributed by atoms with van der Waals surface area (Å²) >= 11 is 5.31. The molecule has 0 aliphatic carbocycles. The summed E-state index contributed by atoms with van der Waals surface area (Å²) in [6.45, 7) is -1.97. The summed E-state index contributed by atoms with van der Waals surface area (Å²) in [5, 5.41) is -0.505. The first-order valence-corrected chi connectivity index (χ1v) is 4.74. The lowest BCUT2D eigenvalue weighted by atomic mass is 10.3. The summed E-state index contributed by atoms with van der Waals surface area (Å²) in [4.78, 5) is 0. The van der Waals surface area contributed by atoms with Crippen LogP contribution < -0.4 is 10.5 Å².